The maximum Gasteiger partial charge on any atom is 0.264 e. The normalized spacial score (nSPS) is 25.6. The van der Waals surface area contributed by atoms with Crippen LogP contribution in [0.5, 0.6) is 0 Å². The molecule has 4 atom stereocenters. The Balaban J connectivity index is 1.17. The SMILES string of the molecule is Cc1c(F)cc(C(=O)N2CCC3CC(NC(=O)C4CCc5n[nH]c(=O)cc5C4)CCC3C2)c(F)c1N. The van der Waals surface area contributed by atoms with E-state index in [1.165, 1.54) is 13.0 Å². The molecule has 3 aliphatic rings. The monoisotopic (exact) mass is 499 g/mol. The lowest BCUT2D eigenvalue weighted by atomic mass is 9.73. The number of benzene rings is 1. The number of rotatable bonds is 3. The number of halogens is 2. The molecule has 2 heterocycles. The van der Waals surface area contributed by atoms with Gasteiger partial charge in [-0.1, -0.05) is 0 Å². The first-order valence-corrected chi connectivity index (χ1v) is 12.6. The van der Waals surface area contributed by atoms with E-state index in [0.29, 0.717) is 38.3 Å². The predicted octanol–water partition coefficient (Wildman–Crippen LogP) is 2.49. The third-order valence-corrected chi connectivity index (χ3v) is 8.28. The quantitative estimate of drug-likeness (QED) is 0.561. The van der Waals surface area contributed by atoms with Crippen LogP contribution in [0.15, 0.2) is 16.9 Å². The van der Waals surface area contributed by atoms with Crippen molar-refractivity contribution in [2.24, 2.45) is 17.8 Å². The summed E-state index contributed by atoms with van der Waals surface area (Å²) >= 11 is 0. The van der Waals surface area contributed by atoms with Crippen LogP contribution in [0.3, 0.4) is 0 Å². The van der Waals surface area contributed by atoms with Crippen LogP contribution in [0.25, 0.3) is 0 Å². The van der Waals surface area contributed by atoms with Gasteiger partial charge in [0.15, 0.2) is 5.82 Å². The maximum atomic E-state index is 14.6. The van der Waals surface area contributed by atoms with E-state index < -0.39 is 17.5 Å². The van der Waals surface area contributed by atoms with Gasteiger partial charge in [-0.15, -0.1) is 0 Å². The van der Waals surface area contributed by atoms with E-state index in [4.69, 9.17) is 5.73 Å². The number of hydrogen-bond acceptors (Lipinski definition) is 5. The Hall–Kier alpha value is -3.30. The van der Waals surface area contributed by atoms with E-state index in [2.05, 4.69) is 15.5 Å². The molecule has 0 spiro atoms. The highest BCUT2D eigenvalue weighted by molar-refractivity contribution is 5.95. The van der Waals surface area contributed by atoms with Crippen molar-refractivity contribution in [2.75, 3.05) is 18.8 Å². The van der Waals surface area contributed by atoms with Crippen LogP contribution in [0.2, 0.25) is 0 Å². The molecule has 1 saturated heterocycles. The number of fused-ring (bicyclic) bond motifs is 2. The van der Waals surface area contributed by atoms with Gasteiger partial charge in [0.05, 0.1) is 16.9 Å². The summed E-state index contributed by atoms with van der Waals surface area (Å²) in [5.74, 6) is -1.62. The lowest BCUT2D eigenvalue weighted by Gasteiger charge is -2.44. The zero-order chi connectivity index (χ0) is 25.6. The van der Waals surface area contributed by atoms with Gasteiger partial charge in [-0.3, -0.25) is 14.4 Å². The molecule has 5 rings (SSSR count). The molecule has 1 aromatic heterocycles. The molecule has 4 N–H and O–H groups in total. The predicted molar refractivity (Wildman–Crippen MR) is 129 cm³/mol. The van der Waals surface area contributed by atoms with Gasteiger partial charge in [0.2, 0.25) is 5.91 Å². The Morgan fingerprint density at radius 1 is 1.17 bits per heavy atom. The zero-order valence-corrected chi connectivity index (χ0v) is 20.3. The molecule has 0 radical (unpaired) electrons. The molecule has 2 amide bonds. The van der Waals surface area contributed by atoms with E-state index in [9.17, 15) is 23.2 Å². The van der Waals surface area contributed by atoms with Crippen molar-refractivity contribution in [3.05, 3.63) is 56.5 Å². The number of carbonyl (C=O) groups excluding carboxylic acids is 2. The Morgan fingerprint density at radius 2 is 1.97 bits per heavy atom. The number of aryl methyl sites for hydroxylation is 1. The van der Waals surface area contributed by atoms with Crippen molar-refractivity contribution >= 4 is 17.5 Å². The molecule has 36 heavy (non-hydrogen) atoms. The highest BCUT2D eigenvalue weighted by Gasteiger charge is 2.38. The van der Waals surface area contributed by atoms with Gasteiger partial charge in [0, 0.05) is 36.7 Å². The van der Waals surface area contributed by atoms with Gasteiger partial charge < -0.3 is 16.0 Å². The Morgan fingerprint density at radius 3 is 2.78 bits per heavy atom. The summed E-state index contributed by atoms with van der Waals surface area (Å²) in [6.07, 6.45) is 5.13. The summed E-state index contributed by atoms with van der Waals surface area (Å²) in [5.41, 5.74) is 6.47. The smallest absolute Gasteiger partial charge is 0.264 e. The van der Waals surface area contributed by atoms with Crippen molar-refractivity contribution in [1.82, 2.24) is 20.4 Å². The number of carbonyl (C=O) groups is 2. The van der Waals surface area contributed by atoms with Gasteiger partial charge in [-0.05, 0) is 75.3 Å². The van der Waals surface area contributed by atoms with Crippen LogP contribution in [0, 0.1) is 36.3 Å². The first-order chi connectivity index (χ1) is 17.2. The molecule has 4 unspecified atom stereocenters. The largest absolute Gasteiger partial charge is 0.396 e. The van der Waals surface area contributed by atoms with Crippen molar-refractivity contribution in [3.8, 4) is 0 Å². The average molecular weight is 500 g/mol. The van der Waals surface area contributed by atoms with Crippen LogP contribution in [0.1, 0.15) is 59.3 Å². The minimum atomic E-state index is -0.863. The van der Waals surface area contributed by atoms with Crippen LogP contribution in [-0.2, 0) is 17.6 Å². The molecular formula is C26H31F2N5O3. The summed E-state index contributed by atoms with van der Waals surface area (Å²) in [7, 11) is 0. The van der Waals surface area contributed by atoms with E-state index in [1.54, 1.807) is 4.90 Å². The Labute approximate surface area is 207 Å². The Kier molecular flexibility index (Phi) is 6.53. The first kappa shape index (κ1) is 24.4. The van der Waals surface area contributed by atoms with Gasteiger partial charge in [0.1, 0.15) is 5.82 Å². The van der Waals surface area contributed by atoms with E-state index >= 15 is 0 Å². The lowest BCUT2D eigenvalue weighted by molar-refractivity contribution is -0.126. The summed E-state index contributed by atoms with van der Waals surface area (Å²) in [5, 5.41) is 9.76. The number of likely N-dealkylation sites (tertiary alicyclic amines) is 1. The second kappa shape index (κ2) is 9.63. The van der Waals surface area contributed by atoms with E-state index in [-0.39, 0.29) is 46.2 Å². The lowest BCUT2D eigenvalue weighted by Crippen LogP contribution is -2.50. The molecule has 0 bridgehead atoms. The number of nitrogens with two attached hydrogens (primary N) is 1. The number of anilines is 1. The molecule has 1 aliphatic heterocycles. The van der Waals surface area contributed by atoms with E-state index in [1.807, 2.05) is 0 Å². The fourth-order valence-electron chi connectivity index (χ4n) is 6.08. The number of amides is 2. The maximum absolute atomic E-state index is 14.6. The molecule has 1 aromatic carbocycles. The van der Waals surface area contributed by atoms with Gasteiger partial charge in [0.25, 0.3) is 11.5 Å². The number of hydrogen-bond donors (Lipinski definition) is 3. The number of aromatic amines is 1. The number of nitrogens with zero attached hydrogens (tertiary/aromatic N) is 2. The highest BCUT2D eigenvalue weighted by atomic mass is 19.1. The van der Waals surface area contributed by atoms with Gasteiger partial charge >= 0.3 is 0 Å². The molecule has 8 nitrogen and oxygen atoms in total. The minimum Gasteiger partial charge on any atom is -0.396 e. The second-order valence-corrected chi connectivity index (χ2v) is 10.5. The molecular weight excluding hydrogens is 468 g/mol. The summed E-state index contributed by atoms with van der Waals surface area (Å²) in [6.45, 7) is 2.33. The van der Waals surface area contributed by atoms with Crippen LogP contribution in [-0.4, -0.2) is 46.0 Å². The molecule has 1 saturated carbocycles. The Bertz CT molecular complexity index is 1260. The number of nitrogens with one attached hydrogen (secondary N) is 2. The summed E-state index contributed by atoms with van der Waals surface area (Å²) in [6, 6.07) is 2.55. The second-order valence-electron chi connectivity index (χ2n) is 10.5. The van der Waals surface area contributed by atoms with Gasteiger partial charge in [-0.2, -0.15) is 5.10 Å². The third-order valence-electron chi connectivity index (χ3n) is 8.28. The zero-order valence-electron chi connectivity index (χ0n) is 20.3. The number of aromatic nitrogens is 2. The molecule has 192 valence electrons. The van der Waals surface area contributed by atoms with Crippen molar-refractivity contribution in [3.63, 3.8) is 0 Å². The minimum absolute atomic E-state index is 0.00545. The summed E-state index contributed by atoms with van der Waals surface area (Å²) in [4.78, 5) is 39.2. The molecule has 2 fully saturated rings. The number of H-pyrrole nitrogens is 1. The number of nitrogen functional groups attached to an aromatic ring is 1. The first-order valence-electron chi connectivity index (χ1n) is 12.6. The summed E-state index contributed by atoms with van der Waals surface area (Å²) < 4.78 is 28.7. The molecule has 2 aliphatic carbocycles. The highest BCUT2D eigenvalue weighted by Crippen LogP contribution is 2.37. The van der Waals surface area contributed by atoms with E-state index in [0.717, 1.165) is 43.0 Å². The van der Waals surface area contributed by atoms with Crippen molar-refractivity contribution in [1.29, 1.82) is 0 Å². The standard InChI is InChI=1S/C26H31F2N5O3/c1-13-20(27)11-19(23(28)24(13)29)26(36)33-7-6-14-9-18(4-2-16(14)12-33)30-25(35)15-3-5-21-17(8-15)10-22(34)32-31-21/h10-11,14-16,18H,2-9,12,29H2,1H3,(H,30,35)(H,32,34). The third kappa shape index (κ3) is 4.60. The van der Waals surface area contributed by atoms with Crippen molar-refractivity contribution in [2.45, 2.75) is 57.9 Å². The van der Waals surface area contributed by atoms with Crippen LogP contribution < -0.4 is 16.6 Å². The van der Waals surface area contributed by atoms with Gasteiger partial charge in [-0.25, -0.2) is 13.9 Å². The van der Waals surface area contributed by atoms with Crippen molar-refractivity contribution < 1.29 is 18.4 Å². The number of piperidine rings is 1. The fraction of sp³-hybridized carbons (Fsp3) is 0.538. The molecule has 10 heteroatoms. The topological polar surface area (TPSA) is 121 Å². The molecule has 2 aromatic rings. The van der Waals surface area contributed by atoms with Crippen LogP contribution in [0.4, 0.5) is 14.5 Å². The average Bonchev–Trinajstić information content (AvgIpc) is 2.88. The fourth-order valence-corrected chi connectivity index (χ4v) is 6.08. The van der Waals surface area contributed by atoms with Crippen LogP contribution >= 0.6 is 0 Å².